The Balaban J connectivity index is 1.77. The first-order chi connectivity index (χ1) is 15.5. The third-order valence-electron chi connectivity index (χ3n) is 5.30. The Morgan fingerprint density at radius 2 is 1.97 bits per heavy atom. The average Bonchev–Trinajstić information content (AvgIpc) is 3.24. The van der Waals surface area contributed by atoms with E-state index < -0.39 is 11.8 Å². The fourth-order valence-corrected chi connectivity index (χ4v) is 4.61. The molecule has 0 aliphatic heterocycles. The molecule has 0 bridgehead atoms. The largest absolute Gasteiger partial charge is 0.465 e. The van der Waals surface area contributed by atoms with E-state index in [1.54, 1.807) is 16.7 Å². The van der Waals surface area contributed by atoms with Gasteiger partial charge in [-0.25, -0.2) is 9.18 Å². The van der Waals surface area contributed by atoms with Crippen molar-refractivity contribution in [2.24, 2.45) is 0 Å². The van der Waals surface area contributed by atoms with Crippen LogP contribution in [0.1, 0.15) is 42.1 Å². The van der Waals surface area contributed by atoms with E-state index in [0.717, 1.165) is 24.8 Å². The number of rotatable bonds is 8. The fourth-order valence-electron chi connectivity index (χ4n) is 3.67. The molecule has 0 fully saturated rings. The number of nitrogens with zero attached hydrogens (tertiary/aromatic N) is 4. The summed E-state index contributed by atoms with van der Waals surface area (Å²) in [5.74, 6) is -0.260. The fraction of sp³-hybridized carbons (Fsp3) is 0.304. The van der Waals surface area contributed by atoms with Crippen molar-refractivity contribution in [3.8, 4) is 0 Å². The van der Waals surface area contributed by atoms with Gasteiger partial charge in [-0.05, 0) is 36.2 Å². The van der Waals surface area contributed by atoms with Gasteiger partial charge < -0.3 is 4.74 Å². The highest BCUT2D eigenvalue weighted by molar-refractivity contribution is 7.98. The number of methoxy groups -OCH3 is 1. The molecule has 0 spiro atoms. The highest BCUT2D eigenvalue weighted by Crippen LogP contribution is 2.27. The average molecular weight is 455 g/mol. The number of carbonyl (C=O) groups is 1. The van der Waals surface area contributed by atoms with E-state index in [-0.39, 0.29) is 11.1 Å². The molecular formula is C23H23FN4O3S. The molecule has 4 rings (SSSR count). The monoisotopic (exact) mass is 454 g/mol. The Morgan fingerprint density at radius 3 is 2.75 bits per heavy atom. The minimum Gasteiger partial charge on any atom is -0.465 e. The van der Waals surface area contributed by atoms with Crippen molar-refractivity contribution in [3.63, 3.8) is 0 Å². The van der Waals surface area contributed by atoms with Gasteiger partial charge in [0.1, 0.15) is 5.82 Å². The summed E-state index contributed by atoms with van der Waals surface area (Å²) < 4.78 is 22.0. The second-order valence-electron chi connectivity index (χ2n) is 7.38. The van der Waals surface area contributed by atoms with Crippen molar-refractivity contribution in [1.82, 2.24) is 19.2 Å². The van der Waals surface area contributed by atoms with Crippen molar-refractivity contribution < 1.29 is 13.9 Å². The number of thioether (sulfide) groups is 1. The third-order valence-corrected chi connectivity index (χ3v) is 6.28. The van der Waals surface area contributed by atoms with E-state index in [1.165, 1.54) is 31.0 Å². The van der Waals surface area contributed by atoms with Gasteiger partial charge in [0.05, 0.1) is 23.6 Å². The lowest BCUT2D eigenvalue weighted by atomic mass is 10.1. The molecule has 0 aliphatic carbocycles. The van der Waals surface area contributed by atoms with Crippen LogP contribution in [0.25, 0.3) is 16.7 Å². The molecule has 0 saturated carbocycles. The lowest BCUT2D eigenvalue weighted by Crippen LogP contribution is -2.23. The molecule has 166 valence electrons. The van der Waals surface area contributed by atoms with Gasteiger partial charge in [0.2, 0.25) is 5.78 Å². The van der Waals surface area contributed by atoms with E-state index in [0.29, 0.717) is 34.2 Å². The number of unbranched alkanes of at least 4 members (excludes halogenated alkanes) is 2. The first-order valence-electron chi connectivity index (χ1n) is 10.4. The van der Waals surface area contributed by atoms with Crippen LogP contribution in [0.2, 0.25) is 0 Å². The summed E-state index contributed by atoms with van der Waals surface area (Å²) in [5, 5.41) is 9.82. The van der Waals surface area contributed by atoms with E-state index in [2.05, 4.69) is 17.1 Å². The minimum atomic E-state index is -0.596. The van der Waals surface area contributed by atoms with Crippen molar-refractivity contribution in [2.75, 3.05) is 7.11 Å². The molecule has 7 nitrogen and oxygen atoms in total. The first-order valence-corrected chi connectivity index (χ1v) is 11.4. The SMILES string of the molecule is CCCCCn1c(=O)c2ccccc2n2c(SCc3ccc(F)cc3C(=O)OC)nnc12. The van der Waals surface area contributed by atoms with E-state index in [9.17, 15) is 14.0 Å². The van der Waals surface area contributed by atoms with Gasteiger partial charge in [0, 0.05) is 12.3 Å². The summed E-state index contributed by atoms with van der Waals surface area (Å²) in [6.45, 7) is 2.68. The molecule has 2 aromatic carbocycles. The van der Waals surface area contributed by atoms with E-state index in [4.69, 9.17) is 4.74 Å². The number of fused-ring (bicyclic) bond motifs is 3. The molecule has 2 aromatic heterocycles. The molecule has 0 saturated heterocycles. The number of ether oxygens (including phenoxy) is 1. The molecule has 2 heterocycles. The smallest absolute Gasteiger partial charge is 0.338 e. The van der Waals surface area contributed by atoms with Crippen molar-refractivity contribution >= 4 is 34.4 Å². The summed E-state index contributed by atoms with van der Waals surface area (Å²) in [5.41, 5.74) is 1.44. The van der Waals surface area contributed by atoms with Crippen LogP contribution in [0.4, 0.5) is 4.39 Å². The van der Waals surface area contributed by atoms with Gasteiger partial charge in [-0.3, -0.25) is 13.8 Å². The Morgan fingerprint density at radius 1 is 1.16 bits per heavy atom. The lowest BCUT2D eigenvalue weighted by Gasteiger charge is -2.11. The number of aryl methyl sites for hydroxylation is 1. The number of hydrogen-bond acceptors (Lipinski definition) is 6. The highest BCUT2D eigenvalue weighted by Gasteiger charge is 2.18. The molecular weight excluding hydrogens is 431 g/mol. The van der Waals surface area contributed by atoms with Crippen LogP contribution in [-0.4, -0.2) is 32.2 Å². The van der Waals surface area contributed by atoms with Gasteiger partial charge in [0.25, 0.3) is 5.56 Å². The summed E-state index contributed by atoms with van der Waals surface area (Å²) >= 11 is 1.36. The van der Waals surface area contributed by atoms with Crippen LogP contribution in [-0.2, 0) is 17.0 Å². The zero-order valence-corrected chi connectivity index (χ0v) is 18.7. The molecule has 0 atom stereocenters. The van der Waals surface area contributed by atoms with Crippen LogP contribution in [0.15, 0.2) is 52.4 Å². The molecule has 0 amide bonds. The second-order valence-corrected chi connectivity index (χ2v) is 8.32. The molecule has 32 heavy (non-hydrogen) atoms. The molecule has 0 radical (unpaired) electrons. The quantitative estimate of drug-likeness (QED) is 0.222. The zero-order chi connectivity index (χ0) is 22.7. The number of halogens is 1. The Kier molecular flexibility index (Phi) is 6.55. The van der Waals surface area contributed by atoms with Crippen molar-refractivity contribution in [2.45, 2.75) is 43.6 Å². The predicted molar refractivity (Wildman–Crippen MR) is 122 cm³/mol. The number of aromatic nitrogens is 4. The zero-order valence-electron chi connectivity index (χ0n) is 17.9. The molecule has 0 aliphatic rings. The van der Waals surface area contributed by atoms with Crippen LogP contribution in [0.5, 0.6) is 0 Å². The predicted octanol–water partition coefficient (Wildman–Crippen LogP) is 4.45. The topological polar surface area (TPSA) is 78.5 Å². The van der Waals surface area contributed by atoms with Crippen LogP contribution in [0.3, 0.4) is 0 Å². The van der Waals surface area contributed by atoms with Gasteiger partial charge >= 0.3 is 5.97 Å². The third kappa shape index (κ3) is 4.12. The summed E-state index contributed by atoms with van der Waals surface area (Å²) in [4.78, 5) is 25.2. The van der Waals surface area contributed by atoms with Gasteiger partial charge in [-0.15, -0.1) is 10.2 Å². The summed E-state index contributed by atoms with van der Waals surface area (Å²) in [6.07, 6.45) is 2.94. The molecule has 0 unspecified atom stereocenters. The van der Waals surface area contributed by atoms with Gasteiger partial charge in [-0.1, -0.05) is 49.7 Å². The lowest BCUT2D eigenvalue weighted by molar-refractivity contribution is 0.0599. The maximum absolute atomic E-state index is 13.7. The van der Waals surface area contributed by atoms with Crippen LogP contribution < -0.4 is 5.56 Å². The summed E-state index contributed by atoms with van der Waals surface area (Å²) in [6, 6.07) is 11.4. The van der Waals surface area contributed by atoms with Crippen LogP contribution >= 0.6 is 11.8 Å². The Hall–Kier alpha value is -3.20. The minimum absolute atomic E-state index is 0.0836. The number of benzene rings is 2. The van der Waals surface area contributed by atoms with Crippen molar-refractivity contribution in [1.29, 1.82) is 0 Å². The number of hydrogen-bond donors (Lipinski definition) is 0. The number of para-hydroxylation sites is 1. The van der Waals surface area contributed by atoms with E-state index >= 15 is 0 Å². The number of carbonyl (C=O) groups excluding carboxylic acids is 1. The summed E-state index contributed by atoms with van der Waals surface area (Å²) in [7, 11) is 1.26. The van der Waals surface area contributed by atoms with Crippen molar-refractivity contribution in [3.05, 3.63) is 69.8 Å². The molecule has 9 heteroatoms. The molecule has 4 aromatic rings. The highest BCUT2D eigenvalue weighted by atomic mass is 32.2. The standard InChI is InChI=1S/C23H23FN4O3S/c1-3-4-7-12-27-20(29)17-8-5-6-9-19(17)28-22(27)25-26-23(28)32-14-15-10-11-16(24)13-18(15)21(30)31-2/h5-6,8-11,13H,3-4,7,12,14H2,1-2H3. The number of esters is 1. The van der Waals surface area contributed by atoms with Gasteiger partial charge in [-0.2, -0.15) is 0 Å². The van der Waals surface area contributed by atoms with Crippen LogP contribution in [0, 0.1) is 5.82 Å². The van der Waals surface area contributed by atoms with E-state index in [1.807, 2.05) is 22.6 Å². The Bertz CT molecular complexity index is 1350. The molecule has 0 N–H and O–H groups in total. The Labute approximate surface area is 188 Å². The maximum atomic E-state index is 13.7. The van der Waals surface area contributed by atoms with Gasteiger partial charge in [0.15, 0.2) is 5.16 Å². The maximum Gasteiger partial charge on any atom is 0.338 e. The normalized spacial score (nSPS) is 11.3. The first kappa shape index (κ1) is 22.0. The second kappa shape index (κ2) is 9.52.